The fraction of sp³-hybridized carbons (Fsp3) is 0.214. The lowest BCUT2D eigenvalue weighted by atomic mass is 10.1. The summed E-state index contributed by atoms with van der Waals surface area (Å²) in [5, 5.41) is 0. The van der Waals surface area contributed by atoms with Gasteiger partial charge in [-0.25, -0.2) is 4.98 Å². The van der Waals surface area contributed by atoms with Crippen LogP contribution in [0.25, 0.3) is 0 Å². The summed E-state index contributed by atoms with van der Waals surface area (Å²) >= 11 is 4.90. The van der Waals surface area contributed by atoms with Crippen molar-refractivity contribution < 1.29 is 4.74 Å². The van der Waals surface area contributed by atoms with Crippen molar-refractivity contribution >= 4 is 17.2 Å². The number of methoxy groups -OCH3 is 1. The molecule has 2 N–H and O–H groups in total. The first-order valence-electron chi connectivity index (χ1n) is 6.02. The van der Waals surface area contributed by atoms with Crippen LogP contribution in [-0.2, 0) is 6.54 Å². The number of nitrogens with zero attached hydrogens (tertiary/aromatic N) is 2. The normalized spacial score (nSPS) is 10.3. The van der Waals surface area contributed by atoms with Crippen LogP contribution >= 0.6 is 12.2 Å². The van der Waals surface area contributed by atoms with E-state index in [1.54, 1.807) is 6.92 Å². The highest BCUT2D eigenvalue weighted by Crippen LogP contribution is 2.10. The maximum atomic E-state index is 12.0. The molecule has 0 amide bonds. The zero-order valence-electron chi connectivity index (χ0n) is 11.3. The van der Waals surface area contributed by atoms with Gasteiger partial charge in [0.15, 0.2) is 0 Å². The predicted molar refractivity (Wildman–Crippen MR) is 81.2 cm³/mol. The second-order valence-electron chi connectivity index (χ2n) is 4.37. The summed E-state index contributed by atoms with van der Waals surface area (Å²) in [5.74, 6) is 0. The second kappa shape index (κ2) is 5.83. The monoisotopic (exact) mass is 289 g/mol. The van der Waals surface area contributed by atoms with Crippen LogP contribution in [-0.4, -0.2) is 21.6 Å². The smallest absolute Gasteiger partial charge is 0.299 e. The summed E-state index contributed by atoms with van der Waals surface area (Å²) in [6, 6.07) is 9.19. The van der Waals surface area contributed by atoms with Crippen LogP contribution in [0.15, 0.2) is 35.1 Å². The van der Waals surface area contributed by atoms with Crippen molar-refractivity contribution in [3.8, 4) is 6.01 Å². The van der Waals surface area contributed by atoms with E-state index in [1.165, 1.54) is 17.7 Å². The van der Waals surface area contributed by atoms with Gasteiger partial charge in [0.2, 0.25) is 0 Å². The van der Waals surface area contributed by atoms with Gasteiger partial charge in [-0.1, -0.05) is 36.5 Å². The minimum absolute atomic E-state index is 0.146. The van der Waals surface area contributed by atoms with Crippen molar-refractivity contribution in [1.82, 2.24) is 9.55 Å². The van der Waals surface area contributed by atoms with Crippen molar-refractivity contribution in [2.45, 2.75) is 13.5 Å². The van der Waals surface area contributed by atoms with Gasteiger partial charge in [-0.15, -0.1) is 0 Å². The number of thiocarbonyl (C=S) groups is 1. The molecule has 0 atom stereocenters. The maximum Gasteiger partial charge on any atom is 0.299 e. The van der Waals surface area contributed by atoms with Crippen LogP contribution in [0.3, 0.4) is 0 Å². The third kappa shape index (κ3) is 3.03. The molecular formula is C14H15N3O2S. The van der Waals surface area contributed by atoms with E-state index >= 15 is 0 Å². The Bertz CT molecular complexity index is 693. The third-order valence-corrected chi connectivity index (χ3v) is 3.10. The number of benzene rings is 1. The topological polar surface area (TPSA) is 70.1 Å². The fourth-order valence-corrected chi connectivity index (χ4v) is 1.99. The van der Waals surface area contributed by atoms with Gasteiger partial charge in [-0.3, -0.25) is 9.36 Å². The Morgan fingerprint density at radius 3 is 2.60 bits per heavy atom. The zero-order chi connectivity index (χ0) is 14.7. The van der Waals surface area contributed by atoms with Gasteiger partial charge in [0.25, 0.3) is 11.6 Å². The SMILES string of the molecule is COc1nc(C)cc(=O)n1Cc1ccc(C(N)=S)cc1. The molecule has 0 saturated heterocycles. The minimum atomic E-state index is -0.146. The molecule has 0 aliphatic carbocycles. The van der Waals surface area contributed by atoms with E-state index in [4.69, 9.17) is 22.7 Å². The van der Waals surface area contributed by atoms with E-state index in [0.29, 0.717) is 23.2 Å². The van der Waals surface area contributed by atoms with Gasteiger partial charge < -0.3 is 10.5 Å². The molecule has 0 fully saturated rings. The number of rotatable bonds is 4. The maximum absolute atomic E-state index is 12.0. The summed E-state index contributed by atoms with van der Waals surface area (Å²) in [4.78, 5) is 16.5. The molecule has 0 spiro atoms. The molecule has 0 aliphatic heterocycles. The van der Waals surface area contributed by atoms with Crippen LogP contribution in [0.4, 0.5) is 0 Å². The highest BCUT2D eigenvalue weighted by molar-refractivity contribution is 7.80. The third-order valence-electron chi connectivity index (χ3n) is 2.86. The summed E-state index contributed by atoms with van der Waals surface area (Å²) < 4.78 is 6.63. The lowest BCUT2D eigenvalue weighted by Crippen LogP contribution is -2.23. The average molecular weight is 289 g/mol. The van der Waals surface area contributed by atoms with Crippen molar-refractivity contribution in [2.24, 2.45) is 5.73 Å². The van der Waals surface area contributed by atoms with Gasteiger partial charge in [0.1, 0.15) is 4.99 Å². The minimum Gasteiger partial charge on any atom is -0.468 e. The van der Waals surface area contributed by atoms with Crippen LogP contribution in [0.1, 0.15) is 16.8 Å². The number of ether oxygens (including phenoxy) is 1. The first-order valence-corrected chi connectivity index (χ1v) is 6.43. The molecule has 2 aromatic rings. The molecule has 104 valence electrons. The van der Waals surface area contributed by atoms with E-state index in [0.717, 1.165) is 11.1 Å². The number of hydrogen-bond acceptors (Lipinski definition) is 4. The molecule has 1 aromatic carbocycles. The summed E-state index contributed by atoms with van der Waals surface area (Å²) in [6.07, 6.45) is 0. The van der Waals surface area contributed by atoms with E-state index < -0.39 is 0 Å². The van der Waals surface area contributed by atoms with Gasteiger partial charge in [0.05, 0.1) is 13.7 Å². The first-order chi connectivity index (χ1) is 9.51. The van der Waals surface area contributed by atoms with E-state index in [2.05, 4.69) is 4.98 Å². The van der Waals surface area contributed by atoms with Gasteiger partial charge >= 0.3 is 0 Å². The Kier molecular flexibility index (Phi) is 4.14. The molecule has 0 radical (unpaired) electrons. The van der Waals surface area contributed by atoms with Crippen LogP contribution < -0.4 is 16.0 Å². The number of nitrogens with two attached hydrogens (primary N) is 1. The van der Waals surface area contributed by atoms with Crippen LogP contribution in [0, 0.1) is 6.92 Å². The van der Waals surface area contributed by atoms with Crippen molar-refractivity contribution in [2.75, 3.05) is 7.11 Å². The molecule has 6 heteroatoms. The summed E-state index contributed by atoms with van der Waals surface area (Å²) in [5.41, 5.74) is 7.77. The van der Waals surface area contributed by atoms with Gasteiger partial charge in [-0.05, 0) is 12.5 Å². The van der Waals surface area contributed by atoms with E-state index in [9.17, 15) is 4.79 Å². The quantitative estimate of drug-likeness (QED) is 0.858. The van der Waals surface area contributed by atoms with Crippen molar-refractivity contribution in [3.63, 3.8) is 0 Å². The number of hydrogen-bond donors (Lipinski definition) is 1. The van der Waals surface area contributed by atoms with E-state index in [1.807, 2.05) is 24.3 Å². The molecule has 0 bridgehead atoms. The second-order valence-corrected chi connectivity index (χ2v) is 4.81. The molecule has 1 aromatic heterocycles. The lowest BCUT2D eigenvalue weighted by molar-refractivity contribution is 0.350. The molecule has 5 nitrogen and oxygen atoms in total. The highest BCUT2D eigenvalue weighted by atomic mass is 32.1. The Morgan fingerprint density at radius 1 is 1.40 bits per heavy atom. The Labute approximate surface area is 122 Å². The largest absolute Gasteiger partial charge is 0.468 e. The Balaban J connectivity index is 2.34. The van der Waals surface area contributed by atoms with Crippen LogP contribution in [0.5, 0.6) is 6.01 Å². The predicted octanol–water partition coefficient (Wildman–Crippen LogP) is 1.24. The van der Waals surface area contributed by atoms with E-state index in [-0.39, 0.29) is 5.56 Å². The summed E-state index contributed by atoms with van der Waals surface area (Å²) in [6.45, 7) is 2.14. The van der Waals surface area contributed by atoms with Crippen molar-refractivity contribution in [1.29, 1.82) is 0 Å². The first kappa shape index (κ1) is 14.2. The Morgan fingerprint density at radius 2 is 2.05 bits per heavy atom. The van der Waals surface area contributed by atoms with Gasteiger partial charge in [0, 0.05) is 17.3 Å². The van der Waals surface area contributed by atoms with Gasteiger partial charge in [-0.2, -0.15) is 0 Å². The number of aromatic nitrogens is 2. The number of aryl methyl sites for hydroxylation is 1. The molecule has 20 heavy (non-hydrogen) atoms. The highest BCUT2D eigenvalue weighted by Gasteiger charge is 2.08. The molecule has 1 heterocycles. The zero-order valence-corrected chi connectivity index (χ0v) is 12.1. The molecule has 0 aliphatic rings. The lowest BCUT2D eigenvalue weighted by Gasteiger charge is -2.11. The standard InChI is InChI=1S/C14H15N3O2S/c1-9-7-12(18)17(14(16-9)19-2)8-10-3-5-11(6-4-10)13(15)20/h3-7H,8H2,1-2H3,(H2,15,20). The molecular weight excluding hydrogens is 274 g/mol. The molecule has 2 rings (SSSR count). The molecule has 0 saturated carbocycles. The summed E-state index contributed by atoms with van der Waals surface area (Å²) in [7, 11) is 1.49. The molecule has 0 unspecified atom stereocenters. The average Bonchev–Trinajstić information content (AvgIpc) is 2.42. The van der Waals surface area contributed by atoms with Crippen molar-refractivity contribution in [3.05, 3.63) is 57.5 Å². The Hall–Kier alpha value is -2.21. The van der Waals surface area contributed by atoms with Crippen LogP contribution in [0.2, 0.25) is 0 Å². The fourth-order valence-electron chi connectivity index (χ4n) is 1.85.